The summed E-state index contributed by atoms with van der Waals surface area (Å²) in [5, 5.41) is 6.72. The Morgan fingerprint density at radius 3 is 2.58 bits per heavy atom. The third-order valence-electron chi connectivity index (χ3n) is 3.60. The lowest BCUT2D eigenvalue weighted by atomic mass is 10.2. The fourth-order valence-electron chi connectivity index (χ4n) is 2.37. The van der Waals surface area contributed by atoms with Crippen molar-refractivity contribution >= 4 is 29.9 Å². The van der Waals surface area contributed by atoms with Crippen LogP contribution in [0.3, 0.4) is 0 Å². The van der Waals surface area contributed by atoms with Crippen molar-refractivity contribution in [2.45, 2.75) is 38.6 Å². The maximum absolute atomic E-state index is 12.8. The van der Waals surface area contributed by atoms with Gasteiger partial charge in [-0.15, -0.1) is 24.0 Å². The number of ether oxygens (including phenoxy) is 1. The smallest absolute Gasteiger partial charge is 0.191 e. The molecule has 0 unspecified atom stereocenters. The summed E-state index contributed by atoms with van der Waals surface area (Å²) in [6, 6.07) is 6.58. The van der Waals surface area contributed by atoms with E-state index in [4.69, 9.17) is 4.74 Å². The number of unbranched alkanes of at least 4 members (excludes halogenated alkanes) is 1. The number of rotatable bonds is 8. The van der Waals surface area contributed by atoms with Crippen LogP contribution >= 0.6 is 24.0 Å². The van der Waals surface area contributed by atoms with Gasteiger partial charge in [0, 0.05) is 19.1 Å². The molecule has 0 aliphatic heterocycles. The Balaban J connectivity index is 0.00000288. The first-order chi connectivity index (χ1) is 11.3. The van der Waals surface area contributed by atoms with E-state index < -0.39 is 0 Å². The van der Waals surface area contributed by atoms with Crippen molar-refractivity contribution in [2.75, 3.05) is 19.7 Å². The number of nitrogens with zero attached hydrogens (tertiary/aromatic N) is 1. The molecular weight excluding hydrogens is 420 g/mol. The largest absolute Gasteiger partial charge is 0.494 e. The van der Waals surface area contributed by atoms with Gasteiger partial charge in [-0.2, -0.15) is 0 Å². The zero-order valence-electron chi connectivity index (χ0n) is 14.1. The fraction of sp³-hybridized carbons (Fsp3) is 0.500. The lowest BCUT2D eigenvalue weighted by Crippen LogP contribution is -2.42. The Hall–Kier alpha value is -1.31. The molecule has 2 N–H and O–H groups in total. The molecule has 0 bridgehead atoms. The van der Waals surface area contributed by atoms with E-state index in [0.29, 0.717) is 18.4 Å². The Morgan fingerprint density at radius 1 is 1.21 bits per heavy atom. The van der Waals surface area contributed by atoms with Crippen LogP contribution in [0.25, 0.3) is 0 Å². The second kappa shape index (κ2) is 12.1. The van der Waals surface area contributed by atoms with E-state index in [-0.39, 0.29) is 29.8 Å². The van der Waals surface area contributed by atoms with Crippen molar-refractivity contribution in [1.82, 2.24) is 10.6 Å². The number of nitrogens with one attached hydrogen (secondary N) is 2. The van der Waals surface area contributed by atoms with Crippen LogP contribution in [0.5, 0.6) is 5.75 Å². The van der Waals surface area contributed by atoms with Crippen LogP contribution in [0, 0.1) is 5.82 Å². The summed E-state index contributed by atoms with van der Waals surface area (Å²) in [4.78, 5) is 4.59. The minimum absolute atomic E-state index is 0. The Labute approximate surface area is 161 Å². The Kier molecular flexibility index (Phi) is 10.5. The van der Waals surface area contributed by atoms with E-state index in [2.05, 4.69) is 34.7 Å². The lowest BCUT2D eigenvalue weighted by Gasteiger charge is -2.16. The van der Waals surface area contributed by atoms with E-state index in [1.54, 1.807) is 12.1 Å². The molecule has 4 nitrogen and oxygen atoms in total. The second-order valence-electron chi connectivity index (χ2n) is 5.55. The van der Waals surface area contributed by atoms with Crippen LogP contribution in [-0.2, 0) is 0 Å². The highest BCUT2D eigenvalue weighted by Gasteiger charge is 2.11. The minimum Gasteiger partial charge on any atom is -0.494 e. The average molecular weight is 447 g/mol. The van der Waals surface area contributed by atoms with E-state index in [1.165, 1.54) is 12.1 Å². The molecule has 0 radical (unpaired) electrons. The van der Waals surface area contributed by atoms with Crippen LogP contribution in [0.1, 0.15) is 32.6 Å². The molecule has 0 atom stereocenters. The van der Waals surface area contributed by atoms with Gasteiger partial charge in [-0.3, -0.25) is 4.99 Å². The SMILES string of the molecule is CCNC(=NCCCCOc1ccc(F)cc1)NC1CC=CC1.I. The van der Waals surface area contributed by atoms with Crippen LogP contribution < -0.4 is 15.4 Å². The molecule has 0 spiro atoms. The molecule has 0 saturated carbocycles. The van der Waals surface area contributed by atoms with Crippen molar-refractivity contribution < 1.29 is 9.13 Å². The Morgan fingerprint density at radius 2 is 1.92 bits per heavy atom. The summed E-state index contributed by atoms with van der Waals surface area (Å²) in [5.74, 6) is 1.35. The highest BCUT2D eigenvalue weighted by atomic mass is 127. The normalized spacial score (nSPS) is 14.3. The second-order valence-corrected chi connectivity index (χ2v) is 5.55. The number of benzene rings is 1. The van der Waals surface area contributed by atoms with Crippen LogP contribution in [-0.4, -0.2) is 31.7 Å². The van der Waals surface area contributed by atoms with Crippen LogP contribution in [0.2, 0.25) is 0 Å². The molecule has 0 saturated heterocycles. The molecule has 1 aromatic rings. The first-order valence-corrected chi connectivity index (χ1v) is 8.36. The van der Waals surface area contributed by atoms with Gasteiger partial charge in [-0.05, 0) is 56.9 Å². The molecule has 0 heterocycles. The van der Waals surface area contributed by atoms with Gasteiger partial charge >= 0.3 is 0 Å². The topological polar surface area (TPSA) is 45.7 Å². The third kappa shape index (κ3) is 7.99. The molecule has 0 fully saturated rings. The van der Waals surface area contributed by atoms with Crippen LogP contribution in [0.4, 0.5) is 4.39 Å². The zero-order chi connectivity index (χ0) is 16.3. The quantitative estimate of drug-likeness (QED) is 0.209. The van der Waals surface area contributed by atoms with E-state index in [0.717, 1.165) is 44.7 Å². The summed E-state index contributed by atoms with van der Waals surface area (Å²) in [6.07, 6.45) is 8.42. The summed E-state index contributed by atoms with van der Waals surface area (Å²) in [7, 11) is 0. The summed E-state index contributed by atoms with van der Waals surface area (Å²) >= 11 is 0. The molecule has 6 heteroatoms. The standard InChI is InChI=1S/C18H26FN3O.HI/c1-2-20-18(22-16-7-3-4-8-16)21-13-5-6-14-23-17-11-9-15(19)10-12-17;/h3-4,9-12,16H,2,5-8,13-14H2,1H3,(H2,20,21,22);1H. The summed E-state index contributed by atoms with van der Waals surface area (Å²) in [6.45, 7) is 4.32. The highest BCUT2D eigenvalue weighted by Crippen LogP contribution is 2.11. The fourth-order valence-corrected chi connectivity index (χ4v) is 2.37. The van der Waals surface area contributed by atoms with Gasteiger partial charge in [0.1, 0.15) is 11.6 Å². The monoisotopic (exact) mass is 447 g/mol. The lowest BCUT2D eigenvalue weighted by molar-refractivity contribution is 0.307. The first kappa shape index (κ1) is 20.7. The predicted molar refractivity (Wildman–Crippen MR) is 108 cm³/mol. The van der Waals surface area contributed by atoms with Gasteiger partial charge in [-0.25, -0.2) is 4.39 Å². The van der Waals surface area contributed by atoms with Gasteiger partial charge in [0.15, 0.2) is 5.96 Å². The molecule has 0 aromatic heterocycles. The molecule has 1 aliphatic carbocycles. The number of hydrogen-bond donors (Lipinski definition) is 2. The Bertz CT molecular complexity index is 512. The maximum atomic E-state index is 12.8. The van der Waals surface area contributed by atoms with Crippen molar-refractivity contribution in [2.24, 2.45) is 4.99 Å². The zero-order valence-corrected chi connectivity index (χ0v) is 16.5. The molecule has 1 aliphatic rings. The number of guanidine groups is 1. The van der Waals surface area contributed by atoms with Gasteiger partial charge in [0.2, 0.25) is 0 Å². The molecule has 24 heavy (non-hydrogen) atoms. The van der Waals surface area contributed by atoms with Crippen molar-refractivity contribution in [3.8, 4) is 5.75 Å². The van der Waals surface area contributed by atoms with Crippen molar-refractivity contribution in [3.05, 3.63) is 42.2 Å². The third-order valence-corrected chi connectivity index (χ3v) is 3.60. The molecule has 1 aromatic carbocycles. The molecular formula is C18H27FIN3O. The molecule has 134 valence electrons. The van der Waals surface area contributed by atoms with E-state index >= 15 is 0 Å². The van der Waals surface area contributed by atoms with Gasteiger partial charge in [0.25, 0.3) is 0 Å². The molecule has 0 amide bonds. The van der Waals surface area contributed by atoms with E-state index in [9.17, 15) is 4.39 Å². The van der Waals surface area contributed by atoms with Crippen molar-refractivity contribution in [1.29, 1.82) is 0 Å². The van der Waals surface area contributed by atoms with Gasteiger partial charge in [-0.1, -0.05) is 12.2 Å². The average Bonchev–Trinajstić information content (AvgIpc) is 3.05. The van der Waals surface area contributed by atoms with Gasteiger partial charge < -0.3 is 15.4 Å². The summed E-state index contributed by atoms with van der Waals surface area (Å²) < 4.78 is 18.3. The maximum Gasteiger partial charge on any atom is 0.191 e. The molecule has 2 rings (SSSR count). The number of aliphatic imine (C=N–C) groups is 1. The summed E-state index contributed by atoms with van der Waals surface area (Å²) in [5.41, 5.74) is 0. The minimum atomic E-state index is -0.243. The number of halogens is 2. The van der Waals surface area contributed by atoms with Gasteiger partial charge in [0.05, 0.1) is 6.61 Å². The highest BCUT2D eigenvalue weighted by molar-refractivity contribution is 14.0. The first-order valence-electron chi connectivity index (χ1n) is 8.36. The van der Waals surface area contributed by atoms with E-state index in [1.807, 2.05) is 0 Å². The predicted octanol–water partition coefficient (Wildman–Crippen LogP) is 3.88. The van der Waals surface area contributed by atoms with Crippen LogP contribution in [0.15, 0.2) is 41.4 Å². The van der Waals surface area contributed by atoms with Crippen molar-refractivity contribution in [3.63, 3.8) is 0 Å². The number of hydrogen-bond acceptors (Lipinski definition) is 2.